The summed E-state index contributed by atoms with van der Waals surface area (Å²) in [6, 6.07) is 6.73. The molecule has 4 aliphatic rings. The molecule has 3 saturated heterocycles. The van der Waals surface area contributed by atoms with Crippen molar-refractivity contribution < 1.29 is 27.0 Å². The Morgan fingerprint density at radius 3 is 2.72 bits per heavy atom. The fraction of sp³-hybridized carbons (Fsp3) is 0.600. The second-order valence-electron chi connectivity index (χ2n) is 14.0. The highest BCUT2D eigenvalue weighted by Gasteiger charge is 2.49. The van der Waals surface area contributed by atoms with Crippen LogP contribution in [-0.2, 0) is 29.2 Å². The number of aromatic hydroxyl groups is 1. The largest absolute Gasteiger partial charge is 0.508 e. The predicted molar refractivity (Wildman–Crippen MR) is 180 cm³/mol. The minimum atomic E-state index is -3.27. The quantitative estimate of drug-likeness (QED) is 0.357. The summed E-state index contributed by atoms with van der Waals surface area (Å²) in [7, 11) is -3.27. The third kappa shape index (κ3) is 6.23. The van der Waals surface area contributed by atoms with Crippen LogP contribution in [0, 0.1) is 5.82 Å². The van der Waals surface area contributed by atoms with Crippen molar-refractivity contribution >= 4 is 32.1 Å². The molecule has 1 unspecified atom stereocenters. The third-order valence-corrected chi connectivity index (χ3v) is 12.5. The molecule has 3 atom stereocenters. The Bertz CT molecular complexity index is 1770. The molecule has 0 saturated carbocycles. The summed E-state index contributed by atoms with van der Waals surface area (Å²) in [6.45, 7) is 5.49. The first kappa shape index (κ1) is 32.3. The number of fused-ring (bicyclic) bond motifs is 3. The number of aromatic nitrogens is 2. The average molecular weight is 670 g/mol. The molecule has 1 aromatic heterocycles. The molecule has 2 aromatic carbocycles. The Morgan fingerprint density at radius 2 is 1.91 bits per heavy atom. The zero-order valence-corrected chi connectivity index (χ0v) is 28.2. The molecule has 254 valence electrons. The number of hydrogen-bond acceptors (Lipinski definition) is 9. The van der Waals surface area contributed by atoms with Gasteiger partial charge in [-0.1, -0.05) is 25.8 Å². The second-order valence-corrected chi connectivity index (χ2v) is 16.3. The van der Waals surface area contributed by atoms with Gasteiger partial charge in [0.2, 0.25) is 0 Å². The van der Waals surface area contributed by atoms with Crippen LogP contribution in [0.3, 0.4) is 0 Å². The summed E-state index contributed by atoms with van der Waals surface area (Å²) < 4.78 is 61.6. The number of halogens is 2. The molecule has 7 rings (SSSR count). The van der Waals surface area contributed by atoms with Gasteiger partial charge in [0, 0.05) is 61.6 Å². The highest BCUT2D eigenvalue weighted by molar-refractivity contribution is 7.91. The van der Waals surface area contributed by atoms with Crippen LogP contribution >= 0.6 is 0 Å². The van der Waals surface area contributed by atoms with E-state index in [1.165, 1.54) is 12.3 Å². The Morgan fingerprint density at radius 1 is 1.06 bits per heavy atom. The Hall–Kier alpha value is -3.25. The van der Waals surface area contributed by atoms with Gasteiger partial charge in [-0.25, -0.2) is 17.2 Å². The highest BCUT2D eigenvalue weighted by atomic mass is 32.2. The Balaban J connectivity index is 1.28. The van der Waals surface area contributed by atoms with E-state index < -0.39 is 21.3 Å². The van der Waals surface area contributed by atoms with Crippen LogP contribution in [0.15, 0.2) is 24.3 Å². The fourth-order valence-corrected chi connectivity index (χ4v) is 9.51. The van der Waals surface area contributed by atoms with Crippen molar-refractivity contribution in [1.82, 2.24) is 14.9 Å². The minimum absolute atomic E-state index is 0.106. The van der Waals surface area contributed by atoms with Gasteiger partial charge in [-0.2, -0.15) is 9.97 Å². The van der Waals surface area contributed by atoms with Gasteiger partial charge >= 0.3 is 6.01 Å². The number of phenols is 1. The van der Waals surface area contributed by atoms with Gasteiger partial charge in [0.15, 0.2) is 9.84 Å². The van der Waals surface area contributed by atoms with Gasteiger partial charge in [-0.3, -0.25) is 4.90 Å². The second kappa shape index (κ2) is 12.7. The predicted octanol–water partition coefficient (Wildman–Crippen LogP) is 5.35. The molecule has 12 heteroatoms. The molecule has 0 bridgehead atoms. The minimum Gasteiger partial charge on any atom is -0.508 e. The number of alkyl halides is 1. The van der Waals surface area contributed by atoms with Crippen LogP contribution in [0.1, 0.15) is 68.7 Å². The van der Waals surface area contributed by atoms with Gasteiger partial charge in [0.1, 0.15) is 30.2 Å². The number of benzene rings is 2. The number of rotatable bonds is 7. The Kier molecular flexibility index (Phi) is 8.69. The maximum absolute atomic E-state index is 15.0. The van der Waals surface area contributed by atoms with E-state index in [9.17, 15) is 17.9 Å². The normalized spacial score (nSPS) is 25.4. The summed E-state index contributed by atoms with van der Waals surface area (Å²) >= 11 is 0. The van der Waals surface area contributed by atoms with E-state index in [-0.39, 0.29) is 29.7 Å². The van der Waals surface area contributed by atoms with Crippen molar-refractivity contribution in [1.29, 1.82) is 0 Å². The van der Waals surface area contributed by atoms with E-state index >= 15 is 4.39 Å². The zero-order valence-electron chi connectivity index (χ0n) is 27.4. The molecule has 4 aliphatic heterocycles. The summed E-state index contributed by atoms with van der Waals surface area (Å²) in [6.07, 6.45) is 7.18. The van der Waals surface area contributed by atoms with Gasteiger partial charge in [0.25, 0.3) is 0 Å². The highest BCUT2D eigenvalue weighted by Crippen LogP contribution is 2.42. The number of anilines is 2. The fourth-order valence-electron chi connectivity index (χ4n) is 8.46. The number of sulfone groups is 1. The summed E-state index contributed by atoms with van der Waals surface area (Å²) in [5.74, 6) is 0.539. The number of aryl methyl sites for hydroxylation is 1. The lowest BCUT2D eigenvalue weighted by atomic mass is 9.95. The maximum Gasteiger partial charge on any atom is 0.318 e. The molecular weight excluding hydrogens is 624 g/mol. The molecule has 0 amide bonds. The number of phenolic OH excluding ortho intramolecular Hbond substituents is 1. The lowest BCUT2D eigenvalue weighted by Gasteiger charge is -2.36. The molecule has 9 nitrogen and oxygen atoms in total. The maximum atomic E-state index is 15.0. The third-order valence-electron chi connectivity index (χ3n) is 10.9. The molecule has 5 heterocycles. The van der Waals surface area contributed by atoms with E-state index in [4.69, 9.17) is 14.7 Å². The van der Waals surface area contributed by atoms with E-state index in [2.05, 4.69) is 14.7 Å². The van der Waals surface area contributed by atoms with Crippen LogP contribution in [0.4, 0.5) is 20.3 Å². The first-order valence-electron chi connectivity index (χ1n) is 17.1. The van der Waals surface area contributed by atoms with Crippen molar-refractivity contribution in [2.24, 2.45) is 0 Å². The topological polar surface area (TPSA) is 99.1 Å². The van der Waals surface area contributed by atoms with Crippen molar-refractivity contribution in [2.75, 3.05) is 55.4 Å². The average Bonchev–Trinajstić information content (AvgIpc) is 3.54. The van der Waals surface area contributed by atoms with E-state index in [0.29, 0.717) is 69.8 Å². The first-order valence-corrected chi connectivity index (χ1v) is 19.0. The molecule has 0 radical (unpaired) electrons. The molecule has 1 N–H and O–H groups in total. The first-order chi connectivity index (χ1) is 22.5. The zero-order chi connectivity index (χ0) is 32.9. The monoisotopic (exact) mass is 669 g/mol. The number of ether oxygens (including phenoxy) is 1. The van der Waals surface area contributed by atoms with Gasteiger partial charge in [-0.15, -0.1) is 0 Å². The van der Waals surface area contributed by atoms with E-state index in [1.807, 2.05) is 6.92 Å². The van der Waals surface area contributed by atoms with Crippen molar-refractivity contribution in [3.8, 4) is 11.8 Å². The molecule has 0 aliphatic carbocycles. The Labute approximate surface area is 275 Å². The summed E-state index contributed by atoms with van der Waals surface area (Å²) in [5.41, 5.74) is 2.70. The smallest absolute Gasteiger partial charge is 0.318 e. The van der Waals surface area contributed by atoms with Crippen LogP contribution in [0.5, 0.6) is 11.8 Å². The van der Waals surface area contributed by atoms with E-state index in [1.54, 1.807) is 18.2 Å². The molecule has 3 aromatic rings. The van der Waals surface area contributed by atoms with Crippen molar-refractivity contribution in [3.05, 3.63) is 46.9 Å². The van der Waals surface area contributed by atoms with E-state index in [0.717, 1.165) is 66.4 Å². The number of hydrogen-bond donors (Lipinski definition) is 1. The SMILES string of the molecule is CCc1c(F)ccc2cc(O)cc(N3CCc4c(nc(OC[C@@]56CCCN5C[C@H](F)C6)nc4N4CCCCCC(S(C)(=O)=O)C4)C3)c12. The van der Waals surface area contributed by atoms with Gasteiger partial charge in [-0.05, 0) is 68.2 Å². The molecule has 47 heavy (non-hydrogen) atoms. The molecule has 0 spiro atoms. The summed E-state index contributed by atoms with van der Waals surface area (Å²) in [5, 5.41) is 11.7. The van der Waals surface area contributed by atoms with Crippen LogP contribution < -0.4 is 14.5 Å². The molecular formula is C35H45F2N5O4S. The van der Waals surface area contributed by atoms with Crippen molar-refractivity contribution in [3.63, 3.8) is 0 Å². The van der Waals surface area contributed by atoms with Crippen LogP contribution in [0.2, 0.25) is 0 Å². The number of nitrogens with zero attached hydrogens (tertiary/aromatic N) is 5. The lowest BCUT2D eigenvalue weighted by molar-refractivity contribution is 0.107. The van der Waals surface area contributed by atoms with Gasteiger partial charge in [0.05, 0.1) is 23.0 Å². The van der Waals surface area contributed by atoms with Gasteiger partial charge < -0.3 is 19.6 Å². The van der Waals surface area contributed by atoms with Crippen LogP contribution in [-0.4, -0.2) is 90.9 Å². The molecule has 3 fully saturated rings. The lowest BCUT2D eigenvalue weighted by Crippen LogP contribution is -2.44. The summed E-state index contributed by atoms with van der Waals surface area (Å²) in [4.78, 5) is 16.3. The van der Waals surface area contributed by atoms with Crippen molar-refractivity contribution in [2.45, 2.75) is 88.2 Å². The van der Waals surface area contributed by atoms with Crippen LogP contribution in [0.25, 0.3) is 10.8 Å². The standard InChI is InChI=1S/C35H45F2N5O4S/c1-3-27-29(37)10-9-23-16-25(43)17-31(32(23)27)40-15-11-28-30(21-40)38-34(46-22-35-12-7-14-42(35)19-24(36)18-35)39-33(28)41-13-6-4-5-8-26(20-41)47(2,44)45/h9-10,16-17,24,26,43H,3-8,11-15,18-22H2,1-2H3/t24-,26?,35+/m1/s1.